The second kappa shape index (κ2) is 9.88. The van der Waals surface area contributed by atoms with Crippen LogP contribution in [0.5, 0.6) is 11.5 Å². The molecule has 3 aromatic carbocycles. The lowest BCUT2D eigenvalue weighted by Crippen LogP contribution is -2.29. The van der Waals surface area contributed by atoms with E-state index in [0.717, 1.165) is 4.70 Å². The Labute approximate surface area is 222 Å². The highest BCUT2D eigenvalue weighted by atomic mass is 35.5. The number of halogens is 1. The molecule has 1 aliphatic heterocycles. The molecule has 0 radical (unpaired) electrons. The fraction of sp³-hybridized carbons (Fsp3) is 0.179. The van der Waals surface area contributed by atoms with E-state index >= 15 is 0 Å². The van der Waals surface area contributed by atoms with Crippen molar-refractivity contribution in [3.63, 3.8) is 0 Å². The van der Waals surface area contributed by atoms with Crippen molar-refractivity contribution >= 4 is 55.7 Å². The van der Waals surface area contributed by atoms with Crippen molar-refractivity contribution in [2.45, 2.75) is 19.9 Å². The third kappa shape index (κ3) is 4.77. The summed E-state index contributed by atoms with van der Waals surface area (Å²) in [5.41, 5.74) is 1.47. The number of nitrogens with zero attached hydrogens (tertiary/aromatic N) is 2. The van der Waals surface area contributed by atoms with Crippen LogP contribution in [-0.2, 0) is 9.59 Å². The van der Waals surface area contributed by atoms with E-state index in [0.29, 0.717) is 45.1 Å². The van der Waals surface area contributed by atoms with Crippen molar-refractivity contribution in [2.75, 3.05) is 11.5 Å². The Morgan fingerprint density at radius 3 is 2.46 bits per heavy atom. The van der Waals surface area contributed by atoms with E-state index in [1.807, 2.05) is 13.8 Å². The van der Waals surface area contributed by atoms with Gasteiger partial charge in [-0.05, 0) is 66.1 Å². The number of hydrogen-bond acceptors (Lipinski definition) is 7. The molecule has 2 N–H and O–H groups in total. The topological polar surface area (TPSA) is 100.0 Å². The number of aromatic nitrogens is 1. The molecule has 5 rings (SSSR count). The van der Waals surface area contributed by atoms with Crippen LogP contribution in [0.2, 0.25) is 5.02 Å². The first-order valence-corrected chi connectivity index (χ1v) is 12.8. The molecule has 1 atom stereocenters. The van der Waals surface area contributed by atoms with Gasteiger partial charge in [-0.25, -0.2) is 4.98 Å². The van der Waals surface area contributed by atoms with Gasteiger partial charge in [-0.1, -0.05) is 48.9 Å². The number of phenols is 1. The van der Waals surface area contributed by atoms with Gasteiger partial charge in [-0.3, -0.25) is 14.5 Å². The molecule has 4 aromatic rings. The number of benzene rings is 3. The second-order valence-electron chi connectivity index (χ2n) is 9.10. The van der Waals surface area contributed by atoms with Crippen molar-refractivity contribution in [3.05, 3.63) is 88.5 Å². The number of phenolic OH excluding ortho intramolecular Hbond substituents is 1. The van der Waals surface area contributed by atoms with Crippen molar-refractivity contribution in [2.24, 2.45) is 5.92 Å². The van der Waals surface area contributed by atoms with Crippen molar-refractivity contribution in [1.82, 2.24) is 4.98 Å². The number of ketones is 1. The molecule has 7 nitrogen and oxygen atoms in total. The molecule has 0 saturated carbocycles. The number of anilines is 1. The van der Waals surface area contributed by atoms with Gasteiger partial charge in [0.2, 0.25) is 0 Å². The smallest absolute Gasteiger partial charge is 0.301 e. The maximum atomic E-state index is 13.4. The first-order chi connectivity index (χ1) is 17.7. The monoisotopic (exact) mass is 534 g/mol. The molecule has 0 bridgehead atoms. The van der Waals surface area contributed by atoms with E-state index in [1.165, 1.54) is 28.4 Å². The summed E-state index contributed by atoms with van der Waals surface area (Å²) in [4.78, 5) is 32.6. The summed E-state index contributed by atoms with van der Waals surface area (Å²) >= 11 is 7.35. The van der Waals surface area contributed by atoms with Crippen LogP contribution in [-0.4, -0.2) is 33.5 Å². The van der Waals surface area contributed by atoms with Crippen LogP contribution in [0.25, 0.3) is 16.0 Å². The largest absolute Gasteiger partial charge is 0.508 e. The number of aliphatic hydroxyl groups excluding tert-OH is 1. The Balaban J connectivity index is 1.62. The Bertz CT molecular complexity index is 1530. The number of rotatable bonds is 6. The van der Waals surface area contributed by atoms with E-state index in [2.05, 4.69) is 4.98 Å². The lowest BCUT2D eigenvalue weighted by Gasteiger charge is -2.23. The van der Waals surface area contributed by atoms with Crippen LogP contribution in [0.1, 0.15) is 31.0 Å². The zero-order chi connectivity index (χ0) is 26.3. The van der Waals surface area contributed by atoms with Crippen molar-refractivity contribution in [3.8, 4) is 11.5 Å². The van der Waals surface area contributed by atoms with Crippen LogP contribution in [0.4, 0.5) is 5.13 Å². The predicted octanol–water partition coefficient (Wildman–Crippen LogP) is 6.32. The molecule has 1 aliphatic rings. The molecule has 1 saturated heterocycles. The Morgan fingerprint density at radius 2 is 1.78 bits per heavy atom. The number of amides is 1. The van der Waals surface area contributed by atoms with Gasteiger partial charge in [-0.15, -0.1) is 0 Å². The minimum atomic E-state index is -0.950. The molecule has 9 heteroatoms. The van der Waals surface area contributed by atoms with Crippen molar-refractivity contribution in [1.29, 1.82) is 0 Å². The first kappa shape index (κ1) is 24.8. The molecule has 1 fully saturated rings. The molecule has 2 heterocycles. The van der Waals surface area contributed by atoms with Gasteiger partial charge in [0.1, 0.15) is 17.3 Å². The first-order valence-electron chi connectivity index (χ1n) is 11.6. The highest BCUT2D eigenvalue weighted by Gasteiger charge is 2.48. The van der Waals surface area contributed by atoms with Gasteiger partial charge >= 0.3 is 5.91 Å². The van der Waals surface area contributed by atoms with Crippen LogP contribution in [0.3, 0.4) is 0 Å². The van der Waals surface area contributed by atoms with Gasteiger partial charge in [0, 0.05) is 10.6 Å². The number of aromatic hydroxyl groups is 1. The molecule has 1 aromatic heterocycles. The molecule has 188 valence electrons. The third-order valence-corrected chi connectivity index (χ3v) is 7.16. The van der Waals surface area contributed by atoms with E-state index < -0.39 is 17.7 Å². The van der Waals surface area contributed by atoms with E-state index in [9.17, 15) is 19.8 Å². The summed E-state index contributed by atoms with van der Waals surface area (Å²) in [6.45, 7) is 4.63. The molecule has 1 unspecified atom stereocenters. The van der Waals surface area contributed by atoms with Gasteiger partial charge < -0.3 is 14.9 Å². The van der Waals surface area contributed by atoms with Crippen LogP contribution in [0, 0.1) is 5.92 Å². The predicted molar refractivity (Wildman–Crippen MR) is 144 cm³/mol. The van der Waals surface area contributed by atoms with Crippen LogP contribution in [0.15, 0.2) is 72.3 Å². The van der Waals surface area contributed by atoms with Gasteiger partial charge in [0.15, 0.2) is 5.13 Å². The van der Waals surface area contributed by atoms with Crippen molar-refractivity contribution < 1.29 is 24.5 Å². The Morgan fingerprint density at radius 1 is 1.08 bits per heavy atom. The summed E-state index contributed by atoms with van der Waals surface area (Å²) in [6.07, 6.45) is 0. The Hall–Kier alpha value is -3.88. The molecular weight excluding hydrogens is 512 g/mol. The highest BCUT2D eigenvalue weighted by molar-refractivity contribution is 7.22. The summed E-state index contributed by atoms with van der Waals surface area (Å²) < 4.78 is 6.47. The van der Waals surface area contributed by atoms with Gasteiger partial charge in [0.05, 0.1) is 28.4 Å². The highest BCUT2D eigenvalue weighted by Crippen LogP contribution is 2.44. The summed E-state index contributed by atoms with van der Waals surface area (Å²) in [5, 5.41) is 21.9. The minimum Gasteiger partial charge on any atom is -0.508 e. The number of Topliss-reactive ketones (excluding diaryl/α,β-unsaturated/α-hetero) is 1. The molecular formula is C28H23ClN2O5S. The minimum absolute atomic E-state index is 0.0346. The molecule has 37 heavy (non-hydrogen) atoms. The average Bonchev–Trinajstić information content (AvgIpc) is 3.40. The van der Waals surface area contributed by atoms with Gasteiger partial charge in [0.25, 0.3) is 5.78 Å². The lowest BCUT2D eigenvalue weighted by molar-refractivity contribution is -0.132. The number of thiazole rings is 1. The maximum absolute atomic E-state index is 13.4. The van der Waals surface area contributed by atoms with E-state index in [-0.39, 0.29) is 17.1 Å². The Kier molecular flexibility index (Phi) is 6.62. The fourth-order valence-corrected chi connectivity index (χ4v) is 5.39. The number of aliphatic hydroxyl groups is 1. The summed E-state index contributed by atoms with van der Waals surface area (Å²) in [7, 11) is 0. The number of hydrogen-bond donors (Lipinski definition) is 2. The van der Waals surface area contributed by atoms with Crippen LogP contribution < -0.4 is 9.64 Å². The second-order valence-corrected chi connectivity index (χ2v) is 10.5. The number of ether oxygens (including phenoxy) is 1. The fourth-order valence-electron chi connectivity index (χ4n) is 4.12. The lowest BCUT2D eigenvalue weighted by atomic mass is 9.95. The summed E-state index contributed by atoms with van der Waals surface area (Å²) in [6, 6.07) is 17.1. The molecule has 0 spiro atoms. The number of carbonyl (C=O) groups is 2. The summed E-state index contributed by atoms with van der Waals surface area (Å²) in [5.74, 6) is -0.915. The van der Waals surface area contributed by atoms with Crippen LogP contribution >= 0.6 is 22.9 Å². The standard InChI is InChI=1S/C28H23ClN2O5S/c1-15(2)14-36-20-10-5-17(6-11-20)25(33)23-24(16-3-8-19(32)9-4-16)31(27(35)26(23)34)28-30-21-12-7-18(29)13-22(21)37-28/h3-13,15,24,32-33H,14H2,1-2H3/b25-23+. The number of carbonyl (C=O) groups excluding carboxylic acids is 2. The van der Waals surface area contributed by atoms with E-state index in [4.69, 9.17) is 16.3 Å². The quantitative estimate of drug-likeness (QED) is 0.171. The molecule has 0 aliphatic carbocycles. The van der Waals surface area contributed by atoms with E-state index in [1.54, 1.807) is 54.6 Å². The number of fused-ring (bicyclic) bond motifs is 1. The zero-order valence-electron chi connectivity index (χ0n) is 20.0. The third-order valence-electron chi connectivity index (χ3n) is 5.91. The zero-order valence-corrected chi connectivity index (χ0v) is 21.6. The SMILES string of the molecule is CC(C)COc1ccc(/C(O)=C2\C(=O)C(=O)N(c3nc4ccc(Cl)cc4s3)C2c2ccc(O)cc2)cc1. The maximum Gasteiger partial charge on any atom is 0.301 e. The average molecular weight is 535 g/mol. The molecule has 1 amide bonds. The normalized spacial score (nSPS) is 17.2. The van der Waals surface area contributed by atoms with Gasteiger partial charge in [-0.2, -0.15) is 0 Å².